The second-order valence-corrected chi connectivity index (χ2v) is 5.19. The first-order valence-electron chi connectivity index (χ1n) is 6.59. The molecule has 2 fully saturated rings. The zero-order chi connectivity index (χ0) is 13.1. The van der Waals surface area contributed by atoms with Crippen molar-refractivity contribution in [2.75, 3.05) is 26.2 Å². The quantitative estimate of drug-likeness (QED) is 0.741. The summed E-state index contributed by atoms with van der Waals surface area (Å²) in [5.74, 6) is -0.454. The number of carboxylic acids is 1. The van der Waals surface area contributed by atoms with Crippen LogP contribution in [-0.4, -0.2) is 59.1 Å². The van der Waals surface area contributed by atoms with Crippen molar-refractivity contribution in [3.8, 4) is 0 Å². The summed E-state index contributed by atoms with van der Waals surface area (Å²) in [5.41, 5.74) is 5.61. The Hall–Kier alpha value is -1.30. The molecule has 1 aliphatic carbocycles. The van der Waals surface area contributed by atoms with Crippen molar-refractivity contribution in [1.82, 2.24) is 9.80 Å². The Bertz CT molecular complexity index is 331. The second-order valence-electron chi connectivity index (χ2n) is 5.19. The van der Waals surface area contributed by atoms with Gasteiger partial charge in [0, 0.05) is 25.7 Å². The molecule has 0 radical (unpaired) electrons. The highest BCUT2D eigenvalue weighted by atomic mass is 16.4. The largest absolute Gasteiger partial charge is 0.481 e. The number of aliphatic carboxylic acids is 1. The van der Waals surface area contributed by atoms with Gasteiger partial charge in [0.2, 0.25) is 0 Å². The van der Waals surface area contributed by atoms with Gasteiger partial charge in [-0.05, 0) is 31.7 Å². The Kier molecular flexibility index (Phi) is 4.06. The SMILES string of the molecule is NCC1CCN(C(=O)N(CCC(=O)O)C2CC2)C1. The fourth-order valence-corrected chi connectivity index (χ4v) is 2.42. The number of carboxylic acid groups (broad SMARTS) is 1. The van der Waals surface area contributed by atoms with Gasteiger partial charge in [-0.2, -0.15) is 0 Å². The highest BCUT2D eigenvalue weighted by Crippen LogP contribution is 2.29. The zero-order valence-electron chi connectivity index (χ0n) is 10.5. The normalized spacial score (nSPS) is 23.2. The molecular formula is C12H21N3O3. The molecule has 6 heteroatoms. The highest BCUT2D eigenvalue weighted by Gasteiger charge is 2.36. The molecule has 1 atom stereocenters. The van der Waals surface area contributed by atoms with Gasteiger partial charge in [0.15, 0.2) is 0 Å². The van der Waals surface area contributed by atoms with Crippen LogP contribution in [0.15, 0.2) is 0 Å². The van der Waals surface area contributed by atoms with Gasteiger partial charge in [-0.25, -0.2) is 4.79 Å². The molecule has 0 aromatic rings. The maximum absolute atomic E-state index is 12.3. The summed E-state index contributed by atoms with van der Waals surface area (Å²) >= 11 is 0. The summed E-state index contributed by atoms with van der Waals surface area (Å²) in [6.07, 6.45) is 2.98. The van der Waals surface area contributed by atoms with Crippen LogP contribution in [0.4, 0.5) is 4.79 Å². The Morgan fingerprint density at radius 3 is 2.56 bits per heavy atom. The minimum Gasteiger partial charge on any atom is -0.481 e. The Balaban J connectivity index is 1.89. The molecule has 1 saturated heterocycles. The number of amides is 2. The number of carbonyl (C=O) groups excluding carboxylic acids is 1. The van der Waals surface area contributed by atoms with E-state index in [9.17, 15) is 9.59 Å². The van der Waals surface area contributed by atoms with Crippen LogP contribution in [0.25, 0.3) is 0 Å². The third-order valence-corrected chi connectivity index (χ3v) is 3.69. The van der Waals surface area contributed by atoms with Crippen LogP contribution in [0.3, 0.4) is 0 Å². The first kappa shape index (κ1) is 13.1. The average molecular weight is 255 g/mol. The van der Waals surface area contributed by atoms with E-state index in [1.807, 2.05) is 4.90 Å². The van der Waals surface area contributed by atoms with Crippen molar-refractivity contribution in [1.29, 1.82) is 0 Å². The highest BCUT2D eigenvalue weighted by molar-refractivity contribution is 5.76. The molecule has 0 aromatic heterocycles. The summed E-state index contributed by atoms with van der Waals surface area (Å²) in [5, 5.41) is 8.72. The first-order valence-corrected chi connectivity index (χ1v) is 6.59. The summed E-state index contributed by atoms with van der Waals surface area (Å²) in [6, 6.07) is 0.253. The molecule has 0 spiro atoms. The van der Waals surface area contributed by atoms with Gasteiger partial charge in [0.05, 0.1) is 6.42 Å². The number of urea groups is 1. The van der Waals surface area contributed by atoms with E-state index in [4.69, 9.17) is 10.8 Å². The van der Waals surface area contributed by atoms with Crippen LogP contribution >= 0.6 is 0 Å². The van der Waals surface area contributed by atoms with Crippen LogP contribution in [0, 0.1) is 5.92 Å². The van der Waals surface area contributed by atoms with Gasteiger partial charge >= 0.3 is 12.0 Å². The fourth-order valence-electron chi connectivity index (χ4n) is 2.42. The molecule has 102 valence electrons. The minimum absolute atomic E-state index is 0.00491. The van der Waals surface area contributed by atoms with E-state index in [-0.39, 0.29) is 18.5 Å². The van der Waals surface area contributed by atoms with E-state index in [1.165, 1.54) is 0 Å². The minimum atomic E-state index is -0.852. The smallest absolute Gasteiger partial charge is 0.320 e. The summed E-state index contributed by atoms with van der Waals surface area (Å²) in [7, 11) is 0. The van der Waals surface area contributed by atoms with Crippen LogP contribution in [-0.2, 0) is 4.79 Å². The molecule has 1 heterocycles. The molecule has 1 aliphatic heterocycles. The van der Waals surface area contributed by atoms with Gasteiger partial charge < -0.3 is 20.6 Å². The number of rotatable bonds is 5. The van der Waals surface area contributed by atoms with Crippen molar-refractivity contribution in [3.05, 3.63) is 0 Å². The lowest BCUT2D eigenvalue weighted by molar-refractivity contribution is -0.137. The molecule has 0 aromatic carbocycles. The summed E-state index contributed by atoms with van der Waals surface area (Å²) in [6.45, 7) is 2.40. The number of hydrogen-bond acceptors (Lipinski definition) is 3. The third kappa shape index (κ3) is 3.13. The van der Waals surface area contributed by atoms with E-state index < -0.39 is 5.97 Å². The Morgan fingerprint density at radius 1 is 1.33 bits per heavy atom. The number of likely N-dealkylation sites (tertiary alicyclic amines) is 1. The van der Waals surface area contributed by atoms with Gasteiger partial charge in [0.25, 0.3) is 0 Å². The van der Waals surface area contributed by atoms with E-state index in [1.54, 1.807) is 4.90 Å². The van der Waals surface area contributed by atoms with E-state index in [0.717, 1.165) is 25.8 Å². The lowest BCUT2D eigenvalue weighted by Gasteiger charge is -2.27. The van der Waals surface area contributed by atoms with Crippen LogP contribution in [0.2, 0.25) is 0 Å². The van der Waals surface area contributed by atoms with Crippen molar-refractivity contribution < 1.29 is 14.7 Å². The van der Waals surface area contributed by atoms with E-state index >= 15 is 0 Å². The zero-order valence-corrected chi connectivity index (χ0v) is 10.5. The van der Waals surface area contributed by atoms with Crippen LogP contribution in [0.5, 0.6) is 0 Å². The van der Waals surface area contributed by atoms with E-state index in [2.05, 4.69) is 0 Å². The number of carbonyl (C=O) groups is 2. The van der Waals surface area contributed by atoms with Gasteiger partial charge in [-0.3, -0.25) is 4.79 Å². The number of hydrogen-bond donors (Lipinski definition) is 2. The summed E-state index contributed by atoms with van der Waals surface area (Å²) in [4.78, 5) is 26.5. The maximum Gasteiger partial charge on any atom is 0.320 e. The standard InChI is InChI=1S/C12H21N3O3/c13-7-9-3-5-14(8-9)12(18)15(10-1-2-10)6-4-11(16)17/h9-10H,1-8,13H2,(H,16,17). The van der Waals surface area contributed by atoms with Crippen molar-refractivity contribution >= 4 is 12.0 Å². The van der Waals surface area contributed by atoms with Crippen molar-refractivity contribution in [2.45, 2.75) is 31.7 Å². The van der Waals surface area contributed by atoms with Crippen LogP contribution in [0.1, 0.15) is 25.7 Å². The molecule has 2 amide bonds. The molecule has 2 aliphatic rings. The number of nitrogens with zero attached hydrogens (tertiary/aromatic N) is 2. The predicted octanol–water partition coefficient (Wildman–Crippen LogP) is 0.326. The molecule has 0 bridgehead atoms. The topological polar surface area (TPSA) is 86.9 Å². The molecule has 6 nitrogen and oxygen atoms in total. The molecule has 1 unspecified atom stereocenters. The third-order valence-electron chi connectivity index (χ3n) is 3.69. The predicted molar refractivity (Wildman–Crippen MR) is 66.1 cm³/mol. The second kappa shape index (κ2) is 5.56. The van der Waals surface area contributed by atoms with Crippen molar-refractivity contribution in [3.63, 3.8) is 0 Å². The first-order chi connectivity index (χ1) is 8.61. The monoisotopic (exact) mass is 255 g/mol. The van der Waals surface area contributed by atoms with Gasteiger partial charge in [-0.15, -0.1) is 0 Å². The van der Waals surface area contributed by atoms with Gasteiger partial charge in [0.1, 0.15) is 0 Å². The lowest BCUT2D eigenvalue weighted by Crippen LogP contribution is -2.44. The Morgan fingerprint density at radius 2 is 2.06 bits per heavy atom. The molecule has 18 heavy (non-hydrogen) atoms. The fraction of sp³-hybridized carbons (Fsp3) is 0.833. The number of nitrogens with two attached hydrogens (primary N) is 1. The molecule has 2 rings (SSSR count). The van der Waals surface area contributed by atoms with Crippen LogP contribution < -0.4 is 5.73 Å². The lowest BCUT2D eigenvalue weighted by atomic mass is 10.1. The average Bonchev–Trinajstić information content (AvgIpc) is 3.06. The molecule has 3 N–H and O–H groups in total. The Labute approximate surface area is 107 Å². The van der Waals surface area contributed by atoms with E-state index in [0.29, 0.717) is 25.6 Å². The molecular weight excluding hydrogens is 234 g/mol. The van der Waals surface area contributed by atoms with Gasteiger partial charge in [-0.1, -0.05) is 0 Å². The summed E-state index contributed by atoms with van der Waals surface area (Å²) < 4.78 is 0. The maximum atomic E-state index is 12.3. The molecule has 1 saturated carbocycles. The van der Waals surface area contributed by atoms with Crippen molar-refractivity contribution in [2.24, 2.45) is 11.7 Å².